The van der Waals surface area contributed by atoms with Gasteiger partial charge < -0.3 is 87.2 Å². The summed E-state index contributed by atoms with van der Waals surface area (Å²) in [4.78, 5) is 99.9. The summed E-state index contributed by atoms with van der Waals surface area (Å²) < 4.78 is 277. The van der Waals surface area contributed by atoms with E-state index >= 15 is 0 Å². The molecule has 0 radical (unpaired) electrons. The van der Waals surface area contributed by atoms with E-state index in [0.717, 1.165) is 0 Å². The highest BCUT2D eigenvalue weighted by molar-refractivity contribution is 7.66. The van der Waals surface area contributed by atoms with Crippen molar-refractivity contribution in [1.29, 1.82) is 0 Å². The van der Waals surface area contributed by atoms with Gasteiger partial charge in [-0.15, -0.1) is 0 Å². The van der Waals surface area contributed by atoms with E-state index < -0.39 is 280 Å². The van der Waals surface area contributed by atoms with Crippen molar-refractivity contribution in [2.24, 2.45) is 0 Å². The monoisotopic (exact) mass is 1450 g/mol. The number of hydrogen-bond acceptors (Lipinski definition) is 32. The van der Waals surface area contributed by atoms with Crippen LogP contribution < -0.4 is 0 Å². The van der Waals surface area contributed by atoms with E-state index in [4.69, 9.17) is 107 Å². The average Bonchev–Trinajstić information content (AvgIpc) is 1.82. The van der Waals surface area contributed by atoms with Gasteiger partial charge in [-0.1, -0.05) is 0 Å². The van der Waals surface area contributed by atoms with E-state index in [-0.39, 0.29) is 12.8 Å². The van der Waals surface area contributed by atoms with Crippen molar-refractivity contribution in [1.82, 2.24) is 0 Å². The van der Waals surface area contributed by atoms with Gasteiger partial charge in [0.05, 0.1) is 61.9 Å². The predicted octanol–water partition coefficient (Wildman–Crippen LogP) is 1.23. The van der Waals surface area contributed by atoms with Crippen LogP contribution in [0, 0.1) is 0 Å². The summed E-state index contributed by atoms with van der Waals surface area (Å²) in [7, 11) is -48.8. The molecular formula is C35H67O42P9. The Morgan fingerprint density at radius 2 is 0.488 bits per heavy atom. The fourth-order valence-electron chi connectivity index (χ4n) is 7.98. The number of aliphatic hydroxyl groups excluding tert-OH is 1. The molecule has 0 aromatic rings. The zero-order valence-corrected chi connectivity index (χ0v) is 51.7. The van der Waals surface area contributed by atoms with Crippen molar-refractivity contribution < 1.29 is 205 Å². The second-order valence-corrected chi connectivity index (χ2v) is 31.3. The minimum Gasteiger partial charge on any atom is -0.390 e. The van der Waals surface area contributed by atoms with Crippen LogP contribution in [0.25, 0.3) is 0 Å². The third kappa shape index (κ3) is 24.8. The molecule has 86 heavy (non-hydrogen) atoms. The zero-order valence-electron chi connectivity index (χ0n) is 50.6. The number of ether oxygens (including phenoxy) is 7. The lowest BCUT2D eigenvalue weighted by Gasteiger charge is -2.26. The molecule has 0 aliphatic carbocycles. The molecule has 7 aliphatic heterocycles. The van der Waals surface area contributed by atoms with Crippen LogP contribution in [0.5, 0.6) is 0 Å². The fraction of sp³-hybridized carbons (Fsp3) is 1.00. The average molecular weight is 1450 g/mol. The lowest BCUT2D eigenvalue weighted by atomic mass is 10.2. The van der Waals surface area contributed by atoms with Crippen LogP contribution in [-0.2, 0) is 142 Å². The summed E-state index contributed by atoms with van der Waals surface area (Å²) in [6, 6.07) is 0. The molecule has 11 N–H and O–H groups in total. The van der Waals surface area contributed by atoms with E-state index in [9.17, 15) is 85.3 Å². The van der Waals surface area contributed by atoms with Crippen LogP contribution in [0.15, 0.2) is 0 Å². The normalized spacial score (nSPS) is 43.8. The molecule has 51 heteroatoms. The highest BCUT2D eigenvalue weighted by atomic mass is 31.3. The molecular weight excluding hydrogens is 1370 g/mol. The number of aliphatic hydroxyl groups is 1. The van der Waals surface area contributed by atoms with Gasteiger partial charge in [-0.2, -0.15) is 8.62 Å². The molecule has 0 saturated carbocycles. The molecule has 7 aliphatic rings. The van der Waals surface area contributed by atoms with Crippen LogP contribution in [-0.4, -0.2) is 232 Å². The summed E-state index contributed by atoms with van der Waals surface area (Å²) in [5.74, 6) is 0. The summed E-state index contributed by atoms with van der Waals surface area (Å²) in [6.45, 7) is -16.8. The first-order valence-electron chi connectivity index (χ1n) is 28.7. The third-order valence-corrected chi connectivity index (χ3v) is 21.8. The first-order chi connectivity index (χ1) is 42.7. The van der Waals surface area contributed by atoms with Crippen LogP contribution in [0.3, 0.4) is 0 Å². The highest BCUT2D eigenvalue weighted by Crippen LogP contribution is 2.66. The van der Waals surface area contributed by atoms with Gasteiger partial charge >= 0.3 is 70.4 Å². The van der Waals surface area contributed by atoms with Gasteiger partial charge in [0.25, 0.3) is 0 Å². The standard InChI is InChI=1S/C35H67O42P9/c36-22-1-8-56-29(22)15-63-79(40,41)70-23-2-9-57-30(23)16-64-80(42,43)71-24-3-10-58-31(24)17-65-81(44,45)72-25-4-11-59-32(25)18-66-82(46,47)73-26-5-12-60-33(26)19-67-83(48,49)74-27-6-13-61-34(27)20-68-84(50,51)75-28-7-14-62-35(28)21-69-85(52,53)77-86(54,55)76-78(37,38)39/h22-36H,1-21H2,(H,40,41)(H,42,43)(H,44,45)(H,46,47)(H,48,49)(H,50,51)(H,52,53)(H,54,55)(H2,37,38,39)/t22?,23?,24?,25?,26?,27?,28?,29-,30-,31-,32-,33-,34-,35-/m1/s1/i8T,9T,10T,11T,12T,13T,14T/t8-,9+,10+,11+,12+,13+,14+,22?,23?,24?,25?,26?,27?,28?,29+,30+,31+,32+,33+,34+,35+/m0. The number of rotatable bonds is 37. The number of hydrogen-bond donors (Lipinski definition) is 11. The summed E-state index contributed by atoms with van der Waals surface area (Å²) in [5.41, 5.74) is 0. The number of phosphoric ester groups is 7. The largest absolute Gasteiger partial charge is 0.490 e. The van der Waals surface area contributed by atoms with Crippen molar-refractivity contribution in [3.8, 4) is 0 Å². The molecule has 7 rings (SSSR count). The maximum atomic E-state index is 13.3. The second kappa shape index (κ2) is 31.5. The van der Waals surface area contributed by atoms with Crippen LogP contribution >= 0.6 is 70.4 Å². The smallest absolute Gasteiger partial charge is 0.390 e. The molecule has 15 unspecified atom stereocenters. The lowest BCUT2D eigenvalue weighted by Crippen LogP contribution is -2.32. The maximum absolute atomic E-state index is 13.3. The van der Waals surface area contributed by atoms with E-state index in [2.05, 4.69) is 13.1 Å². The topological polar surface area (TPSA) is 579 Å². The molecule has 7 saturated heterocycles. The fourth-order valence-corrected chi connectivity index (χ4v) is 16.8. The quantitative estimate of drug-likeness (QED) is 0.0390. The van der Waals surface area contributed by atoms with Crippen molar-refractivity contribution >= 4 is 70.4 Å². The Morgan fingerprint density at radius 3 is 0.698 bits per heavy atom. The Balaban J connectivity index is 0.835. The van der Waals surface area contributed by atoms with Crippen molar-refractivity contribution in [3.63, 3.8) is 0 Å². The van der Waals surface area contributed by atoms with Crippen LogP contribution in [0.2, 0.25) is 0 Å². The minimum absolute atomic E-state index is 0.0835. The SMILES string of the molecule is [3H][C@@H]1CC(OP(=O)(O)OC[C@H]2O[C@@H]([3H])CC2O)[C@@H](COP(=O)(O)OC2C[C@@H]([3H])O[C@@H]2COP(=O)(O)OC2C[C@@H]([3H])O[C@@H]2COP(=O)(O)OC2C[C@@H]([3H])O[C@@H]2COP(=O)(O)OC2C[C@@H]([3H])O[C@@H]2COP(=O)(O)OC2C[C@@H]([3H])O[C@@H]2COP(=O)(O)OP(=O)(O)OP(=O)(O)O)O1. The molecule has 0 amide bonds. The van der Waals surface area contributed by atoms with E-state index in [1.54, 1.807) is 0 Å². The summed E-state index contributed by atoms with van der Waals surface area (Å²) in [5, 5.41) is 9.93. The lowest BCUT2D eigenvalue weighted by molar-refractivity contribution is -0.0327. The minimum atomic E-state index is -5.94. The molecule has 42 nitrogen and oxygen atoms in total. The van der Waals surface area contributed by atoms with Crippen molar-refractivity contribution in [2.45, 2.75) is 130 Å². The maximum Gasteiger partial charge on any atom is 0.490 e. The molecule has 0 bridgehead atoms. The number of phosphoric acid groups is 9. The first-order valence-corrected chi connectivity index (χ1v) is 38.1. The molecule has 0 aromatic carbocycles. The van der Waals surface area contributed by atoms with Crippen molar-refractivity contribution in [3.05, 3.63) is 0 Å². The predicted molar refractivity (Wildman–Crippen MR) is 270 cm³/mol. The third-order valence-electron chi connectivity index (χ3n) is 12.0. The van der Waals surface area contributed by atoms with Gasteiger partial charge in [0.1, 0.15) is 79.4 Å². The zero-order chi connectivity index (χ0) is 69.1. The molecule has 0 aromatic heterocycles. The molecule has 29 atom stereocenters. The van der Waals surface area contributed by atoms with Gasteiger partial charge in [0.2, 0.25) is 0 Å². The second-order valence-electron chi connectivity index (χ2n) is 18.4. The van der Waals surface area contributed by atoms with Crippen LogP contribution in [0.1, 0.15) is 54.5 Å². The van der Waals surface area contributed by atoms with E-state index in [1.807, 2.05) is 0 Å². The highest BCUT2D eigenvalue weighted by Gasteiger charge is 2.48. The first kappa shape index (κ1) is 64.1. The Bertz CT molecular complexity index is 2950. The Morgan fingerprint density at radius 1 is 0.291 bits per heavy atom. The Kier molecular flexibility index (Phi) is 23.5. The van der Waals surface area contributed by atoms with Gasteiger partial charge in [-0.25, -0.2) is 41.1 Å². The van der Waals surface area contributed by atoms with Gasteiger partial charge in [0, 0.05) is 84.6 Å². The Hall–Kier alpha value is 0.750. The van der Waals surface area contributed by atoms with Crippen molar-refractivity contribution in [2.75, 3.05) is 92.3 Å². The van der Waals surface area contributed by atoms with Crippen LogP contribution in [0.4, 0.5) is 0 Å². The summed E-state index contributed by atoms with van der Waals surface area (Å²) >= 11 is 0. The van der Waals surface area contributed by atoms with Gasteiger partial charge in [-0.05, 0) is 6.42 Å². The van der Waals surface area contributed by atoms with E-state index in [1.165, 1.54) is 0 Å². The summed E-state index contributed by atoms with van der Waals surface area (Å²) in [6.07, 6.45) is -24.3. The van der Waals surface area contributed by atoms with E-state index in [0.29, 0.717) is 0 Å². The molecule has 7 fully saturated rings. The molecule has 7 heterocycles. The van der Waals surface area contributed by atoms with Gasteiger partial charge in [0.15, 0.2) is 0 Å². The van der Waals surface area contributed by atoms with Gasteiger partial charge in [-0.3, -0.25) is 58.8 Å². The molecule has 0 spiro atoms. The molecule has 504 valence electrons. The Labute approximate surface area is 497 Å².